The smallest absolute Gasteiger partial charge is 0.289 e. The number of primary amides is 1. The van der Waals surface area contributed by atoms with Crippen molar-refractivity contribution in [3.63, 3.8) is 0 Å². The fourth-order valence-electron chi connectivity index (χ4n) is 2.98. The Morgan fingerprint density at radius 1 is 1.11 bits per heavy atom. The van der Waals surface area contributed by atoms with E-state index < -0.39 is 5.91 Å². The van der Waals surface area contributed by atoms with Crippen molar-refractivity contribution >= 4 is 41.8 Å². The largest absolute Gasteiger partial charge is 0.459 e. The molecule has 9 heteroatoms. The van der Waals surface area contributed by atoms with Crippen molar-refractivity contribution in [2.24, 2.45) is 10.7 Å². The molecule has 2 aromatic rings. The van der Waals surface area contributed by atoms with E-state index in [1.807, 2.05) is 12.1 Å². The van der Waals surface area contributed by atoms with Crippen LogP contribution in [0.1, 0.15) is 26.5 Å². The van der Waals surface area contributed by atoms with Crippen molar-refractivity contribution in [1.82, 2.24) is 15.1 Å². The average Bonchev–Trinajstić information content (AvgIpc) is 3.23. The molecule has 1 aliphatic rings. The molecule has 8 nitrogen and oxygen atoms in total. The lowest BCUT2D eigenvalue weighted by Crippen LogP contribution is -2.53. The Morgan fingerprint density at radius 2 is 1.75 bits per heavy atom. The number of benzene rings is 1. The van der Waals surface area contributed by atoms with E-state index in [0.717, 1.165) is 11.5 Å². The van der Waals surface area contributed by atoms with Crippen LogP contribution in [0.15, 0.2) is 52.1 Å². The molecule has 3 N–H and O–H groups in total. The average molecular weight is 497 g/mol. The minimum absolute atomic E-state index is 0. The van der Waals surface area contributed by atoms with Gasteiger partial charge in [-0.2, -0.15) is 0 Å². The Hall–Kier alpha value is -2.56. The lowest BCUT2D eigenvalue weighted by molar-refractivity contribution is 0.0657. The first kappa shape index (κ1) is 21.7. The predicted octanol–water partition coefficient (Wildman–Crippen LogP) is 1.53. The molecule has 1 saturated heterocycles. The monoisotopic (exact) mass is 497 g/mol. The van der Waals surface area contributed by atoms with Crippen LogP contribution in [0.25, 0.3) is 0 Å². The van der Waals surface area contributed by atoms with E-state index in [2.05, 4.69) is 15.2 Å². The summed E-state index contributed by atoms with van der Waals surface area (Å²) >= 11 is 0. The second-order valence-electron chi connectivity index (χ2n) is 6.22. The van der Waals surface area contributed by atoms with Crippen LogP contribution in [0.2, 0.25) is 0 Å². The van der Waals surface area contributed by atoms with Crippen molar-refractivity contribution in [2.45, 2.75) is 6.54 Å². The number of carbonyl (C=O) groups is 2. The van der Waals surface area contributed by atoms with E-state index in [0.29, 0.717) is 44.0 Å². The third-order valence-corrected chi connectivity index (χ3v) is 4.50. The number of rotatable bonds is 4. The molecular weight excluding hydrogens is 473 g/mol. The highest BCUT2D eigenvalue weighted by Crippen LogP contribution is 2.10. The first-order valence-corrected chi connectivity index (χ1v) is 8.75. The summed E-state index contributed by atoms with van der Waals surface area (Å²) in [5.74, 6) is 0.619. The molecular formula is C19H24IN5O3. The van der Waals surface area contributed by atoms with Gasteiger partial charge in [-0.25, -0.2) is 0 Å². The van der Waals surface area contributed by atoms with Crippen LogP contribution in [0.5, 0.6) is 0 Å². The Bertz CT molecular complexity index is 813. The van der Waals surface area contributed by atoms with Crippen LogP contribution in [0.4, 0.5) is 0 Å². The van der Waals surface area contributed by atoms with Gasteiger partial charge in [-0.05, 0) is 29.8 Å². The van der Waals surface area contributed by atoms with Crippen molar-refractivity contribution in [3.05, 3.63) is 59.5 Å². The molecule has 1 aliphatic heterocycles. The summed E-state index contributed by atoms with van der Waals surface area (Å²) in [7, 11) is 1.74. The maximum atomic E-state index is 12.3. The molecule has 0 radical (unpaired) electrons. The number of piperazine rings is 1. The number of nitrogens with zero attached hydrogens (tertiary/aromatic N) is 3. The van der Waals surface area contributed by atoms with Gasteiger partial charge < -0.3 is 25.3 Å². The number of hydrogen-bond acceptors (Lipinski definition) is 4. The maximum Gasteiger partial charge on any atom is 0.289 e. The van der Waals surface area contributed by atoms with Gasteiger partial charge in [0.2, 0.25) is 5.91 Å². The molecule has 2 amide bonds. The molecule has 0 saturated carbocycles. The van der Waals surface area contributed by atoms with Crippen LogP contribution in [-0.2, 0) is 6.54 Å². The molecule has 1 aromatic carbocycles. The van der Waals surface area contributed by atoms with E-state index in [1.54, 1.807) is 36.2 Å². The molecule has 150 valence electrons. The first-order valence-electron chi connectivity index (χ1n) is 8.75. The quantitative estimate of drug-likeness (QED) is 0.379. The molecule has 1 aromatic heterocycles. The van der Waals surface area contributed by atoms with Crippen molar-refractivity contribution in [3.8, 4) is 0 Å². The van der Waals surface area contributed by atoms with Crippen LogP contribution in [0, 0.1) is 0 Å². The molecule has 0 unspecified atom stereocenters. The Morgan fingerprint density at radius 3 is 2.29 bits per heavy atom. The standard InChI is InChI=1S/C19H23N5O3.HI/c1-21-19(22-13-14-4-6-15(7-5-14)17(20)25)24-10-8-23(9-11-24)18(26)16-3-2-12-27-16;/h2-7,12H,8-11,13H2,1H3,(H2,20,25)(H,21,22);1H. The topological polar surface area (TPSA) is 104 Å². The van der Waals surface area contributed by atoms with E-state index in [9.17, 15) is 9.59 Å². The third kappa shape index (κ3) is 5.24. The van der Waals surface area contributed by atoms with Gasteiger partial charge in [0, 0.05) is 45.3 Å². The first-order chi connectivity index (χ1) is 13.1. The van der Waals surface area contributed by atoms with Gasteiger partial charge in [-0.1, -0.05) is 12.1 Å². The number of hydrogen-bond donors (Lipinski definition) is 2. The van der Waals surface area contributed by atoms with E-state index in [-0.39, 0.29) is 29.9 Å². The summed E-state index contributed by atoms with van der Waals surface area (Å²) in [6.45, 7) is 3.16. The number of carbonyl (C=O) groups excluding carboxylic acids is 2. The minimum atomic E-state index is -0.438. The number of halogens is 1. The van der Waals surface area contributed by atoms with Gasteiger partial charge in [0.15, 0.2) is 11.7 Å². The minimum Gasteiger partial charge on any atom is -0.459 e. The zero-order valence-corrected chi connectivity index (χ0v) is 18.0. The van der Waals surface area contributed by atoms with Gasteiger partial charge in [0.1, 0.15) is 0 Å². The van der Waals surface area contributed by atoms with Crippen LogP contribution in [-0.4, -0.2) is 60.8 Å². The van der Waals surface area contributed by atoms with Crippen molar-refractivity contribution in [1.29, 1.82) is 0 Å². The van der Waals surface area contributed by atoms with Gasteiger partial charge in [0.05, 0.1) is 6.26 Å². The summed E-state index contributed by atoms with van der Waals surface area (Å²) < 4.78 is 5.18. The summed E-state index contributed by atoms with van der Waals surface area (Å²) in [6.07, 6.45) is 1.51. The summed E-state index contributed by atoms with van der Waals surface area (Å²) in [4.78, 5) is 31.7. The summed E-state index contributed by atoms with van der Waals surface area (Å²) in [5, 5.41) is 3.31. The van der Waals surface area contributed by atoms with Gasteiger partial charge in [-0.3, -0.25) is 14.6 Å². The van der Waals surface area contributed by atoms with E-state index in [1.165, 1.54) is 6.26 Å². The molecule has 0 aliphatic carbocycles. The number of amides is 2. The number of nitrogens with one attached hydrogen (secondary N) is 1. The highest BCUT2D eigenvalue weighted by molar-refractivity contribution is 14.0. The molecule has 2 heterocycles. The molecule has 1 fully saturated rings. The highest BCUT2D eigenvalue weighted by atomic mass is 127. The number of guanidine groups is 1. The lowest BCUT2D eigenvalue weighted by Gasteiger charge is -2.36. The van der Waals surface area contributed by atoms with Crippen LogP contribution in [0.3, 0.4) is 0 Å². The SMILES string of the molecule is CN=C(NCc1ccc(C(N)=O)cc1)N1CCN(C(=O)c2ccco2)CC1.I. The zero-order valence-electron chi connectivity index (χ0n) is 15.6. The Balaban J connectivity index is 0.00000280. The van der Waals surface area contributed by atoms with Gasteiger partial charge in [-0.15, -0.1) is 24.0 Å². The number of aliphatic imine (C=N–C) groups is 1. The number of nitrogens with two attached hydrogens (primary N) is 1. The zero-order chi connectivity index (χ0) is 19.2. The van der Waals surface area contributed by atoms with Gasteiger partial charge >= 0.3 is 0 Å². The van der Waals surface area contributed by atoms with Crippen molar-refractivity contribution < 1.29 is 14.0 Å². The van der Waals surface area contributed by atoms with Crippen LogP contribution >= 0.6 is 24.0 Å². The highest BCUT2D eigenvalue weighted by Gasteiger charge is 2.25. The fourth-order valence-corrected chi connectivity index (χ4v) is 2.98. The lowest BCUT2D eigenvalue weighted by atomic mass is 10.1. The fraction of sp³-hybridized carbons (Fsp3) is 0.316. The number of furan rings is 1. The second-order valence-corrected chi connectivity index (χ2v) is 6.22. The van der Waals surface area contributed by atoms with Crippen molar-refractivity contribution in [2.75, 3.05) is 33.2 Å². The van der Waals surface area contributed by atoms with Crippen LogP contribution < -0.4 is 11.1 Å². The summed E-state index contributed by atoms with van der Waals surface area (Å²) in [5.41, 5.74) is 6.76. The summed E-state index contributed by atoms with van der Waals surface area (Å²) in [6, 6.07) is 10.5. The predicted molar refractivity (Wildman–Crippen MR) is 117 cm³/mol. The maximum absolute atomic E-state index is 12.3. The molecule has 0 atom stereocenters. The van der Waals surface area contributed by atoms with E-state index in [4.69, 9.17) is 10.2 Å². The molecule has 28 heavy (non-hydrogen) atoms. The second kappa shape index (κ2) is 10.1. The molecule has 0 spiro atoms. The molecule has 0 bridgehead atoms. The third-order valence-electron chi connectivity index (χ3n) is 4.50. The Labute approximate surface area is 180 Å². The van der Waals surface area contributed by atoms with E-state index >= 15 is 0 Å². The van der Waals surface area contributed by atoms with Gasteiger partial charge in [0.25, 0.3) is 5.91 Å². The molecule has 3 rings (SSSR count). The Kier molecular flexibility index (Phi) is 7.85. The normalized spacial score (nSPS) is 14.4.